The van der Waals surface area contributed by atoms with Crippen LogP contribution < -0.4 is 10.6 Å². The topological polar surface area (TPSA) is 111 Å². The molecule has 2 atom stereocenters. The van der Waals surface area contributed by atoms with Gasteiger partial charge in [-0.05, 0) is 43.9 Å². The Bertz CT molecular complexity index is 825. The maximum absolute atomic E-state index is 12.7. The molecule has 0 radical (unpaired) electrons. The van der Waals surface area contributed by atoms with Gasteiger partial charge in [-0.15, -0.1) is 0 Å². The quantitative estimate of drug-likeness (QED) is 0.570. The Morgan fingerprint density at radius 1 is 1.24 bits per heavy atom. The van der Waals surface area contributed by atoms with E-state index in [1.165, 1.54) is 0 Å². The number of carbonyl (C=O) groups excluding carboxylic acids is 3. The molecule has 29 heavy (non-hydrogen) atoms. The zero-order valence-corrected chi connectivity index (χ0v) is 17.5. The number of aromatic nitrogens is 1. The highest BCUT2D eigenvalue weighted by atomic mass is 32.2. The van der Waals surface area contributed by atoms with Gasteiger partial charge < -0.3 is 19.9 Å². The second-order valence-corrected chi connectivity index (χ2v) is 7.30. The third kappa shape index (κ3) is 6.94. The van der Waals surface area contributed by atoms with Gasteiger partial charge in [0.25, 0.3) is 11.8 Å². The largest absolute Gasteiger partial charge is 0.451 e. The summed E-state index contributed by atoms with van der Waals surface area (Å²) >= 11 is 1.55. The first kappa shape index (κ1) is 22.5. The van der Waals surface area contributed by atoms with Crippen LogP contribution in [0.4, 0.5) is 5.82 Å². The lowest BCUT2D eigenvalue weighted by atomic mass is 10.1. The Morgan fingerprint density at radius 2 is 1.97 bits per heavy atom. The van der Waals surface area contributed by atoms with Gasteiger partial charge in [0.05, 0.1) is 0 Å². The summed E-state index contributed by atoms with van der Waals surface area (Å²) in [6.07, 6.45) is 1.56. The van der Waals surface area contributed by atoms with Crippen molar-refractivity contribution in [2.75, 3.05) is 17.3 Å². The van der Waals surface area contributed by atoms with E-state index in [2.05, 4.69) is 15.8 Å². The van der Waals surface area contributed by atoms with Crippen molar-refractivity contribution in [3.05, 3.63) is 47.7 Å². The number of thioether (sulfide) groups is 1. The van der Waals surface area contributed by atoms with Gasteiger partial charge in [0.1, 0.15) is 11.8 Å². The van der Waals surface area contributed by atoms with Gasteiger partial charge in [-0.1, -0.05) is 30.3 Å². The number of nitrogens with one attached hydrogen (secondary N) is 2. The van der Waals surface area contributed by atoms with Crippen LogP contribution in [0.15, 0.2) is 40.9 Å². The number of amides is 2. The van der Waals surface area contributed by atoms with E-state index in [0.29, 0.717) is 23.5 Å². The summed E-state index contributed by atoms with van der Waals surface area (Å²) in [5.41, 5.74) is 0.445. The first-order chi connectivity index (χ1) is 13.9. The maximum atomic E-state index is 12.7. The lowest BCUT2D eigenvalue weighted by molar-refractivity contribution is -0.156. The predicted molar refractivity (Wildman–Crippen MR) is 111 cm³/mol. The molecule has 0 aliphatic rings. The van der Waals surface area contributed by atoms with Crippen molar-refractivity contribution in [3.63, 3.8) is 0 Å². The van der Waals surface area contributed by atoms with E-state index < -0.39 is 24.0 Å². The number of anilines is 1. The number of ether oxygens (including phenoxy) is 1. The van der Waals surface area contributed by atoms with Gasteiger partial charge in [0.2, 0.25) is 0 Å². The van der Waals surface area contributed by atoms with Gasteiger partial charge >= 0.3 is 5.97 Å². The lowest BCUT2D eigenvalue weighted by Gasteiger charge is -2.21. The van der Waals surface area contributed by atoms with Crippen LogP contribution in [0.25, 0.3) is 0 Å². The van der Waals surface area contributed by atoms with E-state index >= 15 is 0 Å². The Balaban J connectivity index is 2.02. The van der Waals surface area contributed by atoms with Crippen molar-refractivity contribution < 1.29 is 23.6 Å². The molecule has 0 aliphatic carbocycles. The average Bonchev–Trinajstić information content (AvgIpc) is 3.13. The Kier molecular flexibility index (Phi) is 8.72. The van der Waals surface area contributed by atoms with Gasteiger partial charge in [0.15, 0.2) is 11.9 Å². The lowest BCUT2D eigenvalue weighted by Crippen LogP contribution is -2.45. The SMILES string of the molecule is CC[C@H](OC(=O)[C@H](CCSC)NC(=O)c1ccccc1)C(=O)Nc1cc(C)on1. The van der Waals surface area contributed by atoms with Gasteiger partial charge in [-0.3, -0.25) is 9.59 Å². The zero-order chi connectivity index (χ0) is 21.2. The summed E-state index contributed by atoms with van der Waals surface area (Å²) in [7, 11) is 0. The van der Waals surface area contributed by atoms with E-state index in [-0.39, 0.29) is 18.1 Å². The zero-order valence-electron chi connectivity index (χ0n) is 16.6. The first-order valence-corrected chi connectivity index (χ1v) is 10.6. The number of hydrogen-bond donors (Lipinski definition) is 2. The molecule has 156 valence electrons. The number of aryl methyl sites for hydroxylation is 1. The number of benzene rings is 1. The molecule has 0 aliphatic heterocycles. The molecule has 0 saturated heterocycles. The number of esters is 1. The van der Waals surface area contributed by atoms with Crippen LogP contribution in [0.3, 0.4) is 0 Å². The third-order valence-electron chi connectivity index (χ3n) is 4.04. The Hall–Kier alpha value is -2.81. The minimum Gasteiger partial charge on any atom is -0.451 e. The van der Waals surface area contributed by atoms with Crippen LogP contribution in [0, 0.1) is 6.92 Å². The third-order valence-corrected chi connectivity index (χ3v) is 4.68. The summed E-state index contributed by atoms with van der Waals surface area (Å²) in [4.78, 5) is 37.5. The van der Waals surface area contributed by atoms with Crippen LogP contribution in [-0.4, -0.2) is 47.1 Å². The minimum absolute atomic E-state index is 0.248. The fourth-order valence-electron chi connectivity index (χ4n) is 2.49. The smallest absolute Gasteiger partial charge is 0.329 e. The highest BCUT2D eigenvalue weighted by Gasteiger charge is 2.28. The molecule has 0 unspecified atom stereocenters. The van der Waals surface area contributed by atoms with Crippen LogP contribution in [0.5, 0.6) is 0 Å². The molecule has 8 nitrogen and oxygen atoms in total. The fraction of sp³-hybridized carbons (Fsp3) is 0.400. The fourth-order valence-corrected chi connectivity index (χ4v) is 2.96. The molecule has 2 amide bonds. The van der Waals surface area contributed by atoms with Crippen LogP contribution in [0.2, 0.25) is 0 Å². The van der Waals surface area contributed by atoms with Crippen LogP contribution in [-0.2, 0) is 14.3 Å². The van der Waals surface area contributed by atoms with Gasteiger partial charge in [-0.2, -0.15) is 11.8 Å². The van der Waals surface area contributed by atoms with Crippen LogP contribution in [0.1, 0.15) is 35.9 Å². The van der Waals surface area contributed by atoms with Crippen molar-refractivity contribution in [3.8, 4) is 0 Å². The molecule has 0 fully saturated rings. The van der Waals surface area contributed by atoms with Crippen molar-refractivity contribution >= 4 is 35.4 Å². The van der Waals surface area contributed by atoms with E-state index in [1.54, 1.807) is 62.0 Å². The standard InChI is InChI=1S/C20H25N3O5S/c1-4-16(19(25)22-17-12-13(2)28-23-17)27-20(26)15(10-11-29-3)21-18(24)14-8-6-5-7-9-14/h5-9,12,15-16H,4,10-11H2,1-3H3,(H,21,24)(H,22,23,25)/t15-,16-/m0/s1. The maximum Gasteiger partial charge on any atom is 0.329 e. The summed E-state index contributed by atoms with van der Waals surface area (Å²) in [5.74, 6) is -0.0850. The highest BCUT2D eigenvalue weighted by Crippen LogP contribution is 2.12. The highest BCUT2D eigenvalue weighted by molar-refractivity contribution is 7.98. The van der Waals surface area contributed by atoms with Crippen LogP contribution >= 0.6 is 11.8 Å². The molecular weight excluding hydrogens is 394 g/mol. The summed E-state index contributed by atoms with van der Waals surface area (Å²) in [6.45, 7) is 3.43. The molecular formula is C20H25N3O5S. The second-order valence-electron chi connectivity index (χ2n) is 6.32. The molecule has 0 saturated carbocycles. The van der Waals surface area contributed by atoms with Crippen molar-refractivity contribution in [1.82, 2.24) is 10.5 Å². The van der Waals surface area contributed by atoms with E-state index in [9.17, 15) is 14.4 Å². The van der Waals surface area contributed by atoms with E-state index in [0.717, 1.165) is 0 Å². The van der Waals surface area contributed by atoms with Gasteiger partial charge in [-0.25, -0.2) is 4.79 Å². The average molecular weight is 420 g/mol. The molecule has 2 rings (SSSR count). The molecule has 9 heteroatoms. The molecule has 0 bridgehead atoms. The molecule has 1 aromatic heterocycles. The minimum atomic E-state index is -1.01. The Labute approximate surface area is 173 Å². The molecule has 1 heterocycles. The summed E-state index contributed by atoms with van der Waals surface area (Å²) in [6, 6.07) is 9.32. The predicted octanol–water partition coefficient (Wildman–Crippen LogP) is 2.80. The Morgan fingerprint density at radius 3 is 2.55 bits per heavy atom. The molecule has 2 N–H and O–H groups in total. The number of hydrogen-bond acceptors (Lipinski definition) is 7. The summed E-state index contributed by atoms with van der Waals surface area (Å²) in [5, 5.41) is 8.95. The number of rotatable bonds is 10. The molecule has 1 aromatic carbocycles. The second kappa shape index (κ2) is 11.3. The monoisotopic (exact) mass is 419 g/mol. The summed E-state index contributed by atoms with van der Waals surface area (Å²) < 4.78 is 10.3. The normalized spacial score (nSPS) is 12.7. The van der Waals surface area contributed by atoms with E-state index in [1.807, 2.05) is 6.26 Å². The first-order valence-electron chi connectivity index (χ1n) is 9.24. The van der Waals surface area contributed by atoms with Crippen molar-refractivity contribution in [2.45, 2.75) is 38.8 Å². The van der Waals surface area contributed by atoms with E-state index in [4.69, 9.17) is 9.26 Å². The van der Waals surface area contributed by atoms with Gasteiger partial charge in [0, 0.05) is 11.6 Å². The number of carbonyl (C=O) groups is 3. The van der Waals surface area contributed by atoms with Crippen molar-refractivity contribution in [2.24, 2.45) is 0 Å². The molecule has 0 spiro atoms. The molecule has 2 aromatic rings. The van der Waals surface area contributed by atoms with Crippen molar-refractivity contribution in [1.29, 1.82) is 0 Å². The number of nitrogens with zero attached hydrogens (tertiary/aromatic N) is 1.